The van der Waals surface area contributed by atoms with Gasteiger partial charge in [-0.1, -0.05) is 5.16 Å². The van der Waals surface area contributed by atoms with Gasteiger partial charge in [0.05, 0.1) is 6.20 Å². The quantitative estimate of drug-likeness (QED) is 0.717. The van der Waals surface area contributed by atoms with Crippen LogP contribution in [-0.2, 0) is 0 Å². The van der Waals surface area contributed by atoms with E-state index >= 15 is 0 Å². The summed E-state index contributed by atoms with van der Waals surface area (Å²) in [7, 11) is 2.07. The van der Waals surface area contributed by atoms with E-state index < -0.39 is 0 Å². The molecule has 0 radical (unpaired) electrons. The number of piperazine rings is 1. The molecule has 0 unspecified atom stereocenters. The Morgan fingerprint density at radius 1 is 1.47 bits per heavy atom. The molecule has 0 bridgehead atoms. The minimum atomic E-state index is -0.239. The Hall–Kier alpha value is -1.40. The molecule has 2 heterocycles. The zero-order valence-electron chi connectivity index (χ0n) is 8.64. The number of nitrogens with one attached hydrogen (secondary N) is 1. The number of likely N-dealkylation sites (N-methyl/N-ethyl adjacent to an activating group) is 1. The Morgan fingerprint density at radius 2 is 2.20 bits per heavy atom. The van der Waals surface area contributed by atoms with Gasteiger partial charge in [-0.25, -0.2) is 5.01 Å². The Labute approximate surface area is 87.8 Å². The Kier molecular flexibility index (Phi) is 2.98. The maximum atomic E-state index is 11.6. The number of hydrazine groups is 1. The van der Waals surface area contributed by atoms with E-state index in [1.165, 1.54) is 6.20 Å². The van der Waals surface area contributed by atoms with E-state index in [0.717, 1.165) is 26.2 Å². The first kappa shape index (κ1) is 10.1. The highest BCUT2D eigenvalue weighted by atomic mass is 16.5. The summed E-state index contributed by atoms with van der Waals surface area (Å²) in [4.78, 5) is 13.8. The van der Waals surface area contributed by atoms with Gasteiger partial charge in [-0.05, 0) is 7.05 Å². The van der Waals surface area contributed by atoms with Crippen LogP contribution in [0.1, 0.15) is 10.6 Å². The molecule has 1 aromatic rings. The second kappa shape index (κ2) is 4.41. The van der Waals surface area contributed by atoms with E-state index in [9.17, 15) is 4.79 Å². The molecule has 1 aliphatic rings. The molecule has 1 aromatic heterocycles. The minimum Gasteiger partial charge on any atom is -0.351 e. The van der Waals surface area contributed by atoms with E-state index in [4.69, 9.17) is 4.52 Å². The molecule has 2 rings (SSSR count). The van der Waals surface area contributed by atoms with E-state index in [1.54, 1.807) is 6.07 Å². The summed E-state index contributed by atoms with van der Waals surface area (Å²) in [5.74, 6) is 0.00554. The van der Waals surface area contributed by atoms with Crippen LogP contribution >= 0.6 is 0 Å². The van der Waals surface area contributed by atoms with Crippen LogP contribution in [0.4, 0.5) is 0 Å². The van der Waals surface area contributed by atoms with Crippen LogP contribution in [-0.4, -0.2) is 54.2 Å². The lowest BCUT2D eigenvalue weighted by Crippen LogP contribution is -2.52. The average molecular weight is 210 g/mol. The molecule has 1 fully saturated rings. The van der Waals surface area contributed by atoms with Gasteiger partial charge in [-0.2, -0.15) is 0 Å². The van der Waals surface area contributed by atoms with Crippen LogP contribution in [0.15, 0.2) is 16.8 Å². The van der Waals surface area contributed by atoms with Crippen molar-refractivity contribution in [2.24, 2.45) is 0 Å². The van der Waals surface area contributed by atoms with Gasteiger partial charge in [-0.15, -0.1) is 0 Å². The van der Waals surface area contributed by atoms with Crippen LogP contribution in [0.2, 0.25) is 0 Å². The van der Waals surface area contributed by atoms with E-state index in [0.29, 0.717) is 0 Å². The predicted octanol–water partition coefficient (Wildman–Crippen LogP) is -0.433. The fourth-order valence-corrected chi connectivity index (χ4v) is 1.45. The number of carbonyl (C=O) groups excluding carboxylic acids is 1. The molecule has 0 atom stereocenters. The number of hydrogen-bond donors (Lipinski definition) is 1. The fraction of sp³-hybridized carbons (Fsp3) is 0.556. The molecule has 6 heteroatoms. The van der Waals surface area contributed by atoms with Gasteiger partial charge < -0.3 is 9.42 Å². The molecule has 0 aromatic carbocycles. The summed E-state index contributed by atoms with van der Waals surface area (Å²) >= 11 is 0. The van der Waals surface area contributed by atoms with Crippen LogP contribution in [0.5, 0.6) is 0 Å². The van der Waals surface area contributed by atoms with E-state index in [-0.39, 0.29) is 11.7 Å². The zero-order valence-corrected chi connectivity index (χ0v) is 8.64. The topological polar surface area (TPSA) is 61.6 Å². The smallest absolute Gasteiger partial charge is 0.304 e. The fourth-order valence-electron chi connectivity index (χ4n) is 1.45. The molecular formula is C9H14N4O2. The first-order valence-electron chi connectivity index (χ1n) is 4.91. The van der Waals surface area contributed by atoms with Gasteiger partial charge in [0, 0.05) is 32.2 Å². The second-order valence-corrected chi connectivity index (χ2v) is 3.61. The third-order valence-corrected chi connectivity index (χ3v) is 2.42. The lowest BCUT2D eigenvalue weighted by molar-refractivity contribution is 0.0629. The molecule has 0 saturated carbocycles. The Bertz CT molecular complexity index is 317. The third kappa shape index (κ3) is 2.54. The van der Waals surface area contributed by atoms with Crippen LogP contribution in [0.3, 0.4) is 0 Å². The SMILES string of the molecule is CN1CCN(NC(=O)c2ccno2)CC1. The molecule has 15 heavy (non-hydrogen) atoms. The molecule has 6 nitrogen and oxygen atoms in total. The summed E-state index contributed by atoms with van der Waals surface area (Å²) < 4.78 is 4.76. The van der Waals surface area contributed by atoms with Crippen molar-refractivity contribution in [2.75, 3.05) is 33.2 Å². The van der Waals surface area contributed by atoms with Crippen molar-refractivity contribution in [3.05, 3.63) is 18.0 Å². The van der Waals surface area contributed by atoms with Crippen molar-refractivity contribution in [3.63, 3.8) is 0 Å². The maximum absolute atomic E-state index is 11.6. The van der Waals surface area contributed by atoms with Crippen molar-refractivity contribution in [3.8, 4) is 0 Å². The van der Waals surface area contributed by atoms with Gasteiger partial charge in [0.2, 0.25) is 5.76 Å². The number of hydrogen-bond acceptors (Lipinski definition) is 5. The summed E-state index contributed by atoms with van der Waals surface area (Å²) in [6.45, 7) is 3.57. The minimum absolute atomic E-state index is 0.239. The van der Waals surface area contributed by atoms with Gasteiger partial charge in [-0.3, -0.25) is 10.2 Å². The standard InChI is InChI=1S/C9H14N4O2/c1-12-4-6-13(7-5-12)11-9(14)8-2-3-10-15-8/h2-3H,4-7H2,1H3,(H,11,14). The van der Waals surface area contributed by atoms with Crippen molar-refractivity contribution in [1.29, 1.82) is 0 Å². The van der Waals surface area contributed by atoms with Gasteiger partial charge in [0.25, 0.3) is 0 Å². The lowest BCUT2D eigenvalue weighted by Gasteiger charge is -2.31. The summed E-state index contributed by atoms with van der Waals surface area (Å²) in [6, 6.07) is 1.55. The summed E-state index contributed by atoms with van der Waals surface area (Å²) in [5.41, 5.74) is 2.78. The van der Waals surface area contributed by atoms with Crippen molar-refractivity contribution < 1.29 is 9.32 Å². The third-order valence-electron chi connectivity index (χ3n) is 2.42. The van der Waals surface area contributed by atoms with Gasteiger partial charge >= 0.3 is 5.91 Å². The van der Waals surface area contributed by atoms with Gasteiger partial charge in [0.1, 0.15) is 0 Å². The first-order chi connectivity index (χ1) is 7.25. The molecule has 1 saturated heterocycles. The molecule has 82 valence electrons. The van der Waals surface area contributed by atoms with E-state index in [2.05, 4.69) is 22.5 Å². The largest absolute Gasteiger partial charge is 0.351 e. The number of amides is 1. The maximum Gasteiger partial charge on any atom is 0.304 e. The van der Waals surface area contributed by atoms with Crippen molar-refractivity contribution in [2.45, 2.75) is 0 Å². The molecule has 1 N–H and O–H groups in total. The van der Waals surface area contributed by atoms with Crippen LogP contribution in [0, 0.1) is 0 Å². The zero-order chi connectivity index (χ0) is 10.7. The molecule has 1 aliphatic heterocycles. The predicted molar refractivity (Wildman–Crippen MR) is 53.0 cm³/mol. The Morgan fingerprint density at radius 3 is 2.80 bits per heavy atom. The number of aromatic nitrogens is 1. The highest BCUT2D eigenvalue weighted by Crippen LogP contribution is 1.99. The molecule has 0 spiro atoms. The number of rotatable bonds is 2. The molecule has 0 aliphatic carbocycles. The summed E-state index contributed by atoms with van der Waals surface area (Å²) in [5, 5.41) is 5.38. The summed E-state index contributed by atoms with van der Waals surface area (Å²) in [6.07, 6.45) is 1.46. The Balaban J connectivity index is 1.85. The highest BCUT2D eigenvalue weighted by molar-refractivity contribution is 5.90. The highest BCUT2D eigenvalue weighted by Gasteiger charge is 2.17. The monoisotopic (exact) mass is 210 g/mol. The van der Waals surface area contributed by atoms with Crippen LogP contribution in [0.25, 0.3) is 0 Å². The average Bonchev–Trinajstić information content (AvgIpc) is 2.74. The van der Waals surface area contributed by atoms with E-state index in [1.807, 2.05) is 5.01 Å². The molecule has 1 amide bonds. The van der Waals surface area contributed by atoms with Crippen molar-refractivity contribution >= 4 is 5.91 Å². The normalized spacial score (nSPS) is 19.0. The number of carbonyl (C=O) groups is 1. The first-order valence-corrected chi connectivity index (χ1v) is 4.91. The van der Waals surface area contributed by atoms with Gasteiger partial charge in [0.15, 0.2) is 0 Å². The lowest BCUT2D eigenvalue weighted by atomic mass is 10.4. The van der Waals surface area contributed by atoms with Crippen molar-refractivity contribution in [1.82, 2.24) is 20.5 Å². The van der Waals surface area contributed by atoms with Crippen LogP contribution < -0.4 is 5.43 Å². The molecular weight excluding hydrogens is 196 g/mol. The number of nitrogens with zero attached hydrogens (tertiary/aromatic N) is 3. The second-order valence-electron chi connectivity index (χ2n) is 3.61.